The van der Waals surface area contributed by atoms with Gasteiger partial charge in [-0.15, -0.1) is 0 Å². The van der Waals surface area contributed by atoms with Gasteiger partial charge in [-0.25, -0.2) is 4.98 Å². The van der Waals surface area contributed by atoms with Crippen LogP contribution in [-0.4, -0.2) is 65.9 Å². The van der Waals surface area contributed by atoms with Gasteiger partial charge in [0.05, 0.1) is 5.41 Å². The first-order chi connectivity index (χ1) is 13.8. The van der Waals surface area contributed by atoms with Gasteiger partial charge in [0.15, 0.2) is 0 Å². The molecule has 6 nitrogen and oxygen atoms in total. The number of pyridine rings is 1. The van der Waals surface area contributed by atoms with Gasteiger partial charge in [0, 0.05) is 44.8 Å². The molecule has 0 unspecified atom stereocenters. The number of imide groups is 1. The molecule has 6 heteroatoms. The molecule has 4 rings (SSSR count). The molecule has 3 fully saturated rings. The smallest absolute Gasteiger partial charge is 0.235 e. The predicted molar refractivity (Wildman–Crippen MR) is 113 cm³/mol. The average Bonchev–Trinajstić information content (AvgIpc) is 2.92. The maximum absolute atomic E-state index is 13.1. The molecule has 0 N–H and O–H groups in total. The summed E-state index contributed by atoms with van der Waals surface area (Å²) in [5.41, 5.74) is -0.599. The zero-order valence-corrected chi connectivity index (χ0v) is 18.1. The molecular formula is C23H34N4O2. The first-order valence-corrected chi connectivity index (χ1v) is 11.1. The van der Waals surface area contributed by atoms with E-state index in [9.17, 15) is 9.59 Å². The molecule has 2 amide bonds. The summed E-state index contributed by atoms with van der Waals surface area (Å²) in [4.78, 5) is 36.8. The number of fused-ring (bicyclic) bond motifs is 2. The van der Waals surface area contributed by atoms with E-state index in [-0.39, 0.29) is 28.6 Å². The Morgan fingerprint density at radius 1 is 1.03 bits per heavy atom. The summed E-state index contributed by atoms with van der Waals surface area (Å²) in [7, 11) is 0. The molecule has 1 aromatic heterocycles. The van der Waals surface area contributed by atoms with Crippen LogP contribution in [0.15, 0.2) is 24.4 Å². The number of unbranched alkanes of at least 4 members (excludes halogenated alkanes) is 1. The number of rotatable bonds is 6. The molecule has 29 heavy (non-hydrogen) atoms. The Bertz CT molecular complexity index is 757. The van der Waals surface area contributed by atoms with Gasteiger partial charge < -0.3 is 4.90 Å². The Labute approximate surface area is 174 Å². The van der Waals surface area contributed by atoms with Crippen molar-refractivity contribution in [3.8, 4) is 0 Å². The number of nitrogens with zero attached hydrogens (tertiary/aromatic N) is 4. The normalized spacial score (nSPS) is 29.6. The van der Waals surface area contributed by atoms with Crippen LogP contribution in [0.1, 0.15) is 46.5 Å². The number of piperidine rings is 1. The molecule has 2 atom stereocenters. The van der Waals surface area contributed by atoms with Crippen molar-refractivity contribution < 1.29 is 9.59 Å². The van der Waals surface area contributed by atoms with Gasteiger partial charge in [-0.2, -0.15) is 0 Å². The molecule has 0 aromatic carbocycles. The number of piperazine rings is 1. The standard InChI is InChI=1S/C23H34N4O2/c1-22(2)18-9-10-23(22,3)21(29)27(20(18)28)13-7-6-12-25-14-16-26(17-15-25)19-8-4-5-11-24-19/h4-5,8,11,18H,6-7,9-10,12-17H2,1-3H3/t18-,23-/m1/s1. The Morgan fingerprint density at radius 2 is 1.76 bits per heavy atom. The SMILES string of the molecule is CC1(C)[C@@H]2CC[C@]1(C)C(=O)N(CCCCN1CCN(c3ccccn3)CC1)C2=O. The van der Waals surface area contributed by atoms with E-state index in [1.54, 1.807) is 4.90 Å². The highest BCUT2D eigenvalue weighted by Gasteiger charge is 2.64. The van der Waals surface area contributed by atoms with Gasteiger partial charge in [-0.3, -0.25) is 19.4 Å². The number of carbonyl (C=O) groups excluding carboxylic acids is 2. The molecule has 0 radical (unpaired) electrons. The third-order valence-corrected chi connectivity index (χ3v) is 7.96. The van der Waals surface area contributed by atoms with Crippen molar-refractivity contribution in [2.45, 2.75) is 46.5 Å². The minimum atomic E-state index is -0.382. The summed E-state index contributed by atoms with van der Waals surface area (Å²) in [6, 6.07) is 6.05. The van der Waals surface area contributed by atoms with Crippen molar-refractivity contribution in [2.24, 2.45) is 16.7 Å². The molecule has 2 aliphatic heterocycles. The number of hydrogen-bond acceptors (Lipinski definition) is 5. The highest BCUT2D eigenvalue weighted by Crippen LogP contribution is 2.60. The number of aromatic nitrogens is 1. The number of amides is 2. The van der Waals surface area contributed by atoms with E-state index in [0.717, 1.165) is 64.2 Å². The van der Waals surface area contributed by atoms with Gasteiger partial charge in [-0.05, 0) is 49.8 Å². The van der Waals surface area contributed by atoms with Crippen LogP contribution in [-0.2, 0) is 9.59 Å². The monoisotopic (exact) mass is 398 g/mol. The Balaban J connectivity index is 1.23. The molecule has 2 bridgehead atoms. The minimum absolute atomic E-state index is 0.00451. The van der Waals surface area contributed by atoms with E-state index >= 15 is 0 Å². The molecule has 1 saturated carbocycles. The molecule has 3 aliphatic rings. The fourth-order valence-electron chi connectivity index (χ4n) is 5.46. The van der Waals surface area contributed by atoms with Gasteiger partial charge in [0.25, 0.3) is 0 Å². The van der Waals surface area contributed by atoms with Crippen LogP contribution in [0.4, 0.5) is 5.82 Å². The quantitative estimate of drug-likeness (QED) is 0.545. The third-order valence-electron chi connectivity index (χ3n) is 7.96. The summed E-state index contributed by atoms with van der Waals surface area (Å²) >= 11 is 0. The highest BCUT2D eigenvalue weighted by atomic mass is 16.2. The number of carbonyl (C=O) groups is 2. The van der Waals surface area contributed by atoms with Crippen LogP contribution in [0.25, 0.3) is 0 Å². The largest absolute Gasteiger partial charge is 0.354 e. The lowest BCUT2D eigenvalue weighted by Gasteiger charge is -2.47. The van der Waals surface area contributed by atoms with Crippen LogP contribution in [0.2, 0.25) is 0 Å². The van der Waals surface area contributed by atoms with E-state index in [4.69, 9.17) is 0 Å². The molecule has 158 valence electrons. The second-order valence-corrected chi connectivity index (χ2v) is 9.66. The molecule has 3 heterocycles. The Morgan fingerprint density at radius 3 is 2.45 bits per heavy atom. The summed E-state index contributed by atoms with van der Waals surface area (Å²) in [6.07, 6.45) is 5.45. The summed E-state index contributed by atoms with van der Waals surface area (Å²) in [6.45, 7) is 11.9. The van der Waals surface area contributed by atoms with Crippen LogP contribution in [0.5, 0.6) is 0 Å². The van der Waals surface area contributed by atoms with Gasteiger partial charge in [0.2, 0.25) is 11.8 Å². The van der Waals surface area contributed by atoms with Crippen molar-refractivity contribution in [3.63, 3.8) is 0 Å². The topological polar surface area (TPSA) is 56.8 Å². The fourth-order valence-corrected chi connectivity index (χ4v) is 5.46. The molecular weight excluding hydrogens is 364 g/mol. The third kappa shape index (κ3) is 3.45. The van der Waals surface area contributed by atoms with Crippen LogP contribution >= 0.6 is 0 Å². The van der Waals surface area contributed by atoms with Gasteiger partial charge >= 0.3 is 0 Å². The lowest BCUT2D eigenvalue weighted by Crippen LogP contribution is -2.59. The highest BCUT2D eigenvalue weighted by molar-refractivity contribution is 6.03. The van der Waals surface area contributed by atoms with Gasteiger partial charge in [-0.1, -0.05) is 26.8 Å². The van der Waals surface area contributed by atoms with Crippen molar-refractivity contribution >= 4 is 17.6 Å². The van der Waals surface area contributed by atoms with Crippen LogP contribution in [0.3, 0.4) is 0 Å². The van der Waals surface area contributed by atoms with Crippen molar-refractivity contribution in [1.82, 2.24) is 14.8 Å². The van der Waals surface area contributed by atoms with Crippen LogP contribution < -0.4 is 4.90 Å². The molecule has 1 aromatic rings. The average molecular weight is 399 g/mol. The van der Waals surface area contributed by atoms with Crippen molar-refractivity contribution in [1.29, 1.82) is 0 Å². The zero-order chi connectivity index (χ0) is 20.6. The summed E-state index contributed by atoms with van der Waals surface area (Å²) < 4.78 is 0. The molecule has 1 aliphatic carbocycles. The first-order valence-electron chi connectivity index (χ1n) is 11.1. The second-order valence-electron chi connectivity index (χ2n) is 9.66. The summed E-state index contributed by atoms with van der Waals surface area (Å²) in [5, 5.41) is 0. The second kappa shape index (κ2) is 7.71. The lowest BCUT2D eigenvalue weighted by molar-refractivity contribution is -0.167. The van der Waals surface area contributed by atoms with E-state index in [0.29, 0.717) is 6.54 Å². The predicted octanol–water partition coefficient (Wildman–Crippen LogP) is 2.80. The van der Waals surface area contributed by atoms with E-state index < -0.39 is 0 Å². The van der Waals surface area contributed by atoms with E-state index in [1.807, 2.05) is 18.3 Å². The molecule has 0 spiro atoms. The van der Waals surface area contributed by atoms with Gasteiger partial charge in [0.1, 0.15) is 5.82 Å². The summed E-state index contributed by atoms with van der Waals surface area (Å²) in [5.74, 6) is 1.19. The maximum Gasteiger partial charge on any atom is 0.235 e. The Kier molecular flexibility index (Phi) is 5.40. The minimum Gasteiger partial charge on any atom is -0.354 e. The van der Waals surface area contributed by atoms with Crippen molar-refractivity contribution in [3.05, 3.63) is 24.4 Å². The van der Waals surface area contributed by atoms with E-state index in [1.165, 1.54) is 0 Å². The maximum atomic E-state index is 13.1. The number of hydrogen-bond donors (Lipinski definition) is 0. The fraction of sp³-hybridized carbons (Fsp3) is 0.696. The van der Waals surface area contributed by atoms with Crippen molar-refractivity contribution in [2.75, 3.05) is 44.2 Å². The lowest BCUT2D eigenvalue weighted by atomic mass is 9.62. The zero-order valence-electron chi connectivity index (χ0n) is 18.1. The van der Waals surface area contributed by atoms with E-state index in [2.05, 4.69) is 41.6 Å². The molecule has 2 saturated heterocycles. The first kappa shape index (κ1) is 20.3. The number of likely N-dealkylation sites (tertiary alicyclic amines) is 1. The Hall–Kier alpha value is -1.95. The number of anilines is 1. The van der Waals surface area contributed by atoms with Crippen LogP contribution in [0, 0.1) is 16.7 Å².